The van der Waals surface area contributed by atoms with Crippen molar-refractivity contribution in [3.8, 4) is 55.6 Å². The molecule has 11 aromatic carbocycles. The lowest BCUT2D eigenvalue weighted by Crippen LogP contribution is -2.16. The summed E-state index contributed by atoms with van der Waals surface area (Å²) in [6.07, 6.45) is 0. The van der Waals surface area contributed by atoms with E-state index in [0.717, 1.165) is 0 Å². The maximum Gasteiger partial charge on any atom is 0.0433 e. The van der Waals surface area contributed by atoms with Gasteiger partial charge in [-0.3, -0.25) is 0 Å². The monoisotopic (exact) mass is 844 g/mol. The fourth-order valence-electron chi connectivity index (χ4n) is 12.5. The maximum absolute atomic E-state index is 2.51. The molecule has 0 nitrogen and oxygen atoms in total. The standard InChI is InChI=1S/C64H44S/c1-63(2)55-34-29-39(42-24-14-26-50-51-32-33-53-52-31-27-38-16-6-8-19-43(38)61(52)65-62(53)60(51)64(3,4)59(42)50)35-54(55)44-30-28-40(36-56(44)63)57-46-20-9-11-22-48(46)58(49-23-12-10-21-47(49)57)45-25-13-17-37-15-5-7-18-41(37)45/h5-36H,1-4H3. The van der Waals surface area contributed by atoms with Gasteiger partial charge in [0.25, 0.3) is 0 Å². The summed E-state index contributed by atoms with van der Waals surface area (Å²) in [5.41, 5.74) is 18.5. The lowest BCUT2D eigenvalue weighted by Gasteiger charge is -2.25. The Balaban J connectivity index is 0.917. The number of benzene rings is 11. The van der Waals surface area contributed by atoms with Crippen molar-refractivity contribution < 1.29 is 0 Å². The third kappa shape index (κ3) is 4.97. The molecule has 0 saturated heterocycles. The molecule has 0 bridgehead atoms. The summed E-state index contributed by atoms with van der Waals surface area (Å²) in [5.74, 6) is 0. The van der Waals surface area contributed by atoms with Gasteiger partial charge in [-0.15, -0.1) is 11.3 Å². The number of fused-ring (bicyclic) bond motifs is 15. The van der Waals surface area contributed by atoms with Gasteiger partial charge in [0, 0.05) is 31.0 Å². The Labute approximate surface area is 383 Å². The van der Waals surface area contributed by atoms with Crippen LogP contribution in [0.3, 0.4) is 0 Å². The fraction of sp³-hybridized carbons (Fsp3) is 0.0938. The number of thiophene rings is 1. The van der Waals surface area contributed by atoms with Gasteiger partial charge >= 0.3 is 0 Å². The Morgan fingerprint density at radius 2 is 0.831 bits per heavy atom. The first-order valence-electron chi connectivity index (χ1n) is 23.0. The van der Waals surface area contributed by atoms with E-state index < -0.39 is 0 Å². The van der Waals surface area contributed by atoms with Gasteiger partial charge in [0.05, 0.1) is 0 Å². The topological polar surface area (TPSA) is 0 Å². The van der Waals surface area contributed by atoms with Gasteiger partial charge in [-0.25, -0.2) is 0 Å². The average molecular weight is 845 g/mol. The molecule has 0 aliphatic heterocycles. The first-order valence-corrected chi connectivity index (χ1v) is 23.8. The maximum atomic E-state index is 2.51. The molecule has 65 heavy (non-hydrogen) atoms. The second-order valence-electron chi connectivity index (χ2n) is 19.5. The van der Waals surface area contributed by atoms with Crippen molar-refractivity contribution in [1.29, 1.82) is 0 Å². The summed E-state index contributed by atoms with van der Waals surface area (Å²) in [4.78, 5) is 0. The molecule has 306 valence electrons. The molecule has 0 N–H and O–H groups in total. The number of rotatable bonds is 3. The second kappa shape index (κ2) is 13.1. The van der Waals surface area contributed by atoms with E-state index >= 15 is 0 Å². The van der Waals surface area contributed by atoms with E-state index in [-0.39, 0.29) is 10.8 Å². The first kappa shape index (κ1) is 37.1. The van der Waals surface area contributed by atoms with Crippen LogP contribution in [0, 0.1) is 0 Å². The van der Waals surface area contributed by atoms with Crippen LogP contribution in [-0.4, -0.2) is 0 Å². The van der Waals surface area contributed by atoms with Crippen LogP contribution < -0.4 is 0 Å². The lowest BCUT2D eigenvalue weighted by molar-refractivity contribution is 0.660. The Morgan fingerprint density at radius 3 is 1.58 bits per heavy atom. The van der Waals surface area contributed by atoms with Gasteiger partial charge < -0.3 is 0 Å². The number of hydrogen-bond donors (Lipinski definition) is 0. The SMILES string of the molecule is CC1(C)c2ccc(-c3cccc4c3C(C)(C)c3c-4ccc4c3sc3c5ccccc5ccc43)cc2-c2ccc(-c3c4ccccc4c(-c4cccc5ccccc45)c4ccccc34)cc21. The van der Waals surface area contributed by atoms with E-state index in [1.165, 1.54) is 141 Å². The Bertz CT molecular complexity index is 4000. The largest absolute Gasteiger partial charge is 0.134 e. The van der Waals surface area contributed by atoms with Crippen molar-refractivity contribution in [2.45, 2.75) is 38.5 Å². The van der Waals surface area contributed by atoms with Crippen LogP contribution in [0.25, 0.3) is 119 Å². The van der Waals surface area contributed by atoms with Gasteiger partial charge in [-0.1, -0.05) is 210 Å². The molecule has 0 fully saturated rings. The van der Waals surface area contributed by atoms with E-state index in [0.29, 0.717) is 0 Å². The minimum Gasteiger partial charge on any atom is -0.134 e. The molecule has 12 aromatic rings. The molecule has 0 spiro atoms. The Kier molecular flexibility index (Phi) is 7.49. The Hall–Kier alpha value is -7.32. The molecular weight excluding hydrogens is 801 g/mol. The minimum atomic E-state index is -0.183. The normalized spacial score (nSPS) is 14.4. The van der Waals surface area contributed by atoms with E-state index in [4.69, 9.17) is 0 Å². The molecule has 1 heteroatoms. The zero-order chi connectivity index (χ0) is 43.3. The average Bonchev–Trinajstić information content (AvgIpc) is 3.92. The molecule has 0 radical (unpaired) electrons. The highest BCUT2D eigenvalue weighted by atomic mass is 32.1. The summed E-state index contributed by atoms with van der Waals surface area (Å²) in [6.45, 7) is 9.75. The zero-order valence-corrected chi connectivity index (χ0v) is 37.7. The minimum absolute atomic E-state index is 0.168. The van der Waals surface area contributed by atoms with Gasteiger partial charge in [-0.2, -0.15) is 0 Å². The van der Waals surface area contributed by atoms with E-state index in [2.05, 4.69) is 222 Å². The molecule has 0 saturated carbocycles. The van der Waals surface area contributed by atoms with Crippen LogP contribution in [0.2, 0.25) is 0 Å². The number of hydrogen-bond acceptors (Lipinski definition) is 1. The van der Waals surface area contributed by atoms with Crippen molar-refractivity contribution in [1.82, 2.24) is 0 Å². The summed E-state index contributed by atoms with van der Waals surface area (Å²) < 4.78 is 2.81. The van der Waals surface area contributed by atoms with Gasteiger partial charge in [0.15, 0.2) is 0 Å². The van der Waals surface area contributed by atoms with Crippen LogP contribution in [-0.2, 0) is 10.8 Å². The first-order chi connectivity index (χ1) is 31.8. The van der Waals surface area contributed by atoms with Gasteiger partial charge in [0.1, 0.15) is 0 Å². The molecule has 0 atom stereocenters. The predicted octanol–water partition coefficient (Wildman–Crippen LogP) is 18.3. The van der Waals surface area contributed by atoms with Crippen LogP contribution in [0.5, 0.6) is 0 Å². The summed E-state index contributed by atoms with van der Waals surface area (Å²) >= 11 is 1.98. The van der Waals surface area contributed by atoms with Crippen LogP contribution >= 0.6 is 11.3 Å². The molecule has 2 aliphatic rings. The molecule has 14 rings (SSSR count). The smallest absolute Gasteiger partial charge is 0.0433 e. The second-order valence-corrected chi connectivity index (χ2v) is 20.5. The van der Waals surface area contributed by atoms with Gasteiger partial charge in [0.2, 0.25) is 0 Å². The van der Waals surface area contributed by atoms with Gasteiger partial charge in [-0.05, 0) is 133 Å². The lowest BCUT2D eigenvalue weighted by atomic mass is 9.77. The van der Waals surface area contributed by atoms with E-state index in [9.17, 15) is 0 Å². The predicted molar refractivity (Wildman–Crippen MR) is 281 cm³/mol. The third-order valence-electron chi connectivity index (χ3n) is 15.4. The van der Waals surface area contributed by atoms with Crippen LogP contribution in [0.1, 0.15) is 49.9 Å². The summed E-state index contributed by atoms with van der Waals surface area (Å²) in [5, 5.41) is 13.1. The zero-order valence-electron chi connectivity index (χ0n) is 36.9. The quantitative estimate of drug-likeness (QED) is 0.155. The van der Waals surface area contributed by atoms with Crippen LogP contribution in [0.15, 0.2) is 194 Å². The van der Waals surface area contributed by atoms with Crippen molar-refractivity contribution in [3.05, 3.63) is 216 Å². The molecule has 1 aromatic heterocycles. The van der Waals surface area contributed by atoms with E-state index in [1.807, 2.05) is 11.3 Å². The highest BCUT2D eigenvalue weighted by molar-refractivity contribution is 7.27. The molecule has 0 unspecified atom stereocenters. The summed E-state index contributed by atoms with van der Waals surface area (Å²) in [7, 11) is 0. The third-order valence-corrected chi connectivity index (χ3v) is 16.7. The van der Waals surface area contributed by atoms with Crippen molar-refractivity contribution in [2.24, 2.45) is 0 Å². The molecule has 1 heterocycles. The van der Waals surface area contributed by atoms with Crippen molar-refractivity contribution in [3.63, 3.8) is 0 Å². The Morgan fingerprint density at radius 1 is 0.292 bits per heavy atom. The van der Waals surface area contributed by atoms with E-state index in [1.54, 1.807) is 0 Å². The summed E-state index contributed by atoms with van der Waals surface area (Å²) in [6, 6.07) is 73.5. The molecule has 2 aliphatic carbocycles. The van der Waals surface area contributed by atoms with Crippen molar-refractivity contribution >= 4 is 74.6 Å². The van der Waals surface area contributed by atoms with Crippen LogP contribution in [0.4, 0.5) is 0 Å². The van der Waals surface area contributed by atoms with Crippen molar-refractivity contribution in [2.75, 3.05) is 0 Å². The molecular formula is C64H44S. The molecule has 0 amide bonds. The highest BCUT2D eigenvalue weighted by Crippen LogP contribution is 2.58. The fourth-order valence-corrected chi connectivity index (χ4v) is 14.0. The highest BCUT2D eigenvalue weighted by Gasteiger charge is 2.41.